The van der Waals surface area contributed by atoms with Crippen LogP contribution in [0.2, 0.25) is 0 Å². The van der Waals surface area contributed by atoms with Crippen LogP contribution in [0.25, 0.3) is 0 Å². The molecule has 0 saturated heterocycles. The first-order chi connectivity index (χ1) is 4.74. The minimum absolute atomic E-state index is 0. The molecule has 3 nitrogen and oxygen atoms in total. The number of hydrogen-bond donors (Lipinski definition) is 1. The lowest BCUT2D eigenvalue weighted by Crippen LogP contribution is -2.09. The molecule has 1 heterocycles. The van der Waals surface area contributed by atoms with E-state index in [4.69, 9.17) is 0 Å². The van der Waals surface area contributed by atoms with E-state index >= 15 is 0 Å². The zero-order valence-corrected chi connectivity index (χ0v) is 9.13. The van der Waals surface area contributed by atoms with E-state index in [9.17, 15) is 0 Å². The highest BCUT2D eigenvalue weighted by Crippen LogP contribution is 1.99. The van der Waals surface area contributed by atoms with Crippen LogP contribution in [0.3, 0.4) is 0 Å². The summed E-state index contributed by atoms with van der Waals surface area (Å²) >= 11 is 0. The highest BCUT2D eigenvalue weighted by Gasteiger charge is 1.98. The van der Waals surface area contributed by atoms with Gasteiger partial charge in [0.2, 0.25) is 0 Å². The summed E-state index contributed by atoms with van der Waals surface area (Å²) in [6.45, 7) is 2.89. The molecule has 0 atom stereocenters. The fraction of sp³-hybridized carbons (Fsp3) is 0.571. The Morgan fingerprint density at radius 1 is 1.50 bits per heavy atom. The minimum Gasteiger partial charge on any atom is -0.314 e. The van der Waals surface area contributed by atoms with Crippen molar-refractivity contribution in [1.29, 1.82) is 0 Å². The molecule has 1 N–H and O–H groups in total. The third-order valence-corrected chi connectivity index (χ3v) is 1.46. The van der Waals surface area contributed by atoms with Gasteiger partial charge in [-0.2, -0.15) is 5.10 Å². The van der Waals surface area contributed by atoms with Gasteiger partial charge in [-0.05, 0) is 20.0 Å². The Labute approximate surface area is 85.4 Å². The second kappa shape index (κ2) is 6.29. The maximum atomic E-state index is 4.21. The number of rotatable bonds is 2. The van der Waals surface area contributed by atoms with E-state index in [-0.39, 0.29) is 24.8 Å². The molecule has 0 bridgehead atoms. The van der Waals surface area contributed by atoms with Crippen molar-refractivity contribution in [2.24, 2.45) is 7.05 Å². The molecule has 5 heteroatoms. The van der Waals surface area contributed by atoms with Crippen LogP contribution in [0.5, 0.6) is 0 Å². The van der Waals surface area contributed by atoms with Crippen LogP contribution in [0.15, 0.2) is 6.07 Å². The maximum absolute atomic E-state index is 4.21. The third-order valence-electron chi connectivity index (χ3n) is 1.46. The topological polar surface area (TPSA) is 29.9 Å². The first-order valence-corrected chi connectivity index (χ1v) is 3.38. The number of aryl methyl sites for hydroxylation is 2. The number of nitrogens with one attached hydrogen (secondary N) is 1. The van der Waals surface area contributed by atoms with Gasteiger partial charge in [0.05, 0.1) is 11.4 Å². The van der Waals surface area contributed by atoms with Gasteiger partial charge < -0.3 is 5.32 Å². The smallest absolute Gasteiger partial charge is 0.0597 e. The molecular weight excluding hydrogens is 197 g/mol. The molecule has 0 aliphatic rings. The molecule has 0 aliphatic carbocycles. The zero-order chi connectivity index (χ0) is 7.56. The van der Waals surface area contributed by atoms with Crippen LogP contribution < -0.4 is 5.32 Å². The molecule has 0 unspecified atom stereocenters. The lowest BCUT2D eigenvalue weighted by atomic mass is 10.4. The molecule has 0 radical (unpaired) electrons. The summed E-state index contributed by atoms with van der Waals surface area (Å²) in [4.78, 5) is 0. The van der Waals surface area contributed by atoms with Crippen molar-refractivity contribution >= 4 is 24.8 Å². The SMILES string of the molecule is CNCc1cc(C)nn1C.Cl.Cl. The van der Waals surface area contributed by atoms with Crippen molar-refractivity contribution < 1.29 is 0 Å². The quantitative estimate of drug-likeness (QED) is 0.800. The number of aromatic nitrogens is 2. The Bertz CT molecular complexity index is 222. The number of nitrogens with zero attached hydrogens (tertiary/aromatic N) is 2. The van der Waals surface area contributed by atoms with Gasteiger partial charge in [0.15, 0.2) is 0 Å². The molecule has 1 aromatic rings. The Hall–Kier alpha value is -0.250. The molecule has 1 aromatic heterocycles. The van der Waals surface area contributed by atoms with E-state index in [1.165, 1.54) is 5.69 Å². The van der Waals surface area contributed by atoms with Crippen molar-refractivity contribution in [3.63, 3.8) is 0 Å². The lowest BCUT2D eigenvalue weighted by Gasteiger charge is -1.97. The molecule has 12 heavy (non-hydrogen) atoms. The summed E-state index contributed by atoms with van der Waals surface area (Å²) in [5, 5.41) is 7.28. The minimum atomic E-state index is 0. The van der Waals surface area contributed by atoms with Crippen LogP contribution in [0.1, 0.15) is 11.4 Å². The van der Waals surface area contributed by atoms with Crippen LogP contribution in [-0.2, 0) is 13.6 Å². The van der Waals surface area contributed by atoms with Crippen LogP contribution in [-0.4, -0.2) is 16.8 Å². The number of hydrogen-bond acceptors (Lipinski definition) is 2. The third kappa shape index (κ3) is 3.43. The van der Waals surface area contributed by atoms with Crippen molar-refractivity contribution in [1.82, 2.24) is 15.1 Å². The fourth-order valence-electron chi connectivity index (χ4n) is 1.01. The summed E-state index contributed by atoms with van der Waals surface area (Å²) in [7, 11) is 3.89. The monoisotopic (exact) mass is 211 g/mol. The molecule has 1 rings (SSSR count). The van der Waals surface area contributed by atoms with Crippen LogP contribution in [0, 0.1) is 6.92 Å². The van der Waals surface area contributed by atoms with E-state index in [0.29, 0.717) is 0 Å². The molecule has 0 saturated carbocycles. The van der Waals surface area contributed by atoms with Crippen molar-refractivity contribution in [2.75, 3.05) is 7.05 Å². The first-order valence-electron chi connectivity index (χ1n) is 3.38. The first kappa shape index (κ1) is 14.3. The standard InChI is InChI=1S/C7H13N3.2ClH/c1-6-4-7(5-8-2)10(3)9-6;;/h4,8H,5H2,1-3H3;2*1H. The molecule has 0 aliphatic heterocycles. The van der Waals surface area contributed by atoms with Gasteiger partial charge in [-0.25, -0.2) is 0 Å². The largest absolute Gasteiger partial charge is 0.314 e. The summed E-state index contributed by atoms with van der Waals surface area (Å²) in [5.41, 5.74) is 2.30. The molecule has 0 fully saturated rings. The van der Waals surface area contributed by atoms with Gasteiger partial charge in [-0.1, -0.05) is 0 Å². The van der Waals surface area contributed by atoms with Crippen molar-refractivity contribution in [2.45, 2.75) is 13.5 Å². The van der Waals surface area contributed by atoms with E-state index in [0.717, 1.165) is 12.2 Å². The molecule has 0 spiro atoms. The molecule has 0 amide bonds. The second-order valence-corrected chi connectivity index (χ2v) is 2.43. The van der Waals surface area contributed by atoms with Gasteiger partial charge in [-0.3, -0.25) is 4.68 Å². The van der Waals surface area contributed by atoms with Gasteiger partial charge in [-0.15, -0.1) is 24.8 Å². The average molecular weight is 212 g/mol. The predicted molar refractivity (Wildman–Crippen MR) is 55.2 cm³/mol. The number of halogens is 2. The summed E-state index contributed by atoms with van der Waals surface area (Å²) in [6.07, 6.45) is 0. The van der Waals surface area contributed by atoms with Gasteiger partial charge in [0.1, 0.15) is 0 Å². The van der Waals surface area contributed by atoms with Crippen molar-refractivity contribution in [3.8, 4) is 0 Å². The van der Waals surface area contributed by atoms with Crippen LogP contribution >= 0.6 is 24.8 Å². The fourth-order valence-corrected chi connectivity index (χ4v) is 1.01. The van der Waals surface area contributed by atoms with E-state index in [2.05, 4.69) is 16.5 Å². The Balaban J connectivity index is 0. The highest BCUT2D eigenvalue weighted by molar-refractivity contribution is 5.85. The predicted octanol–water partition coefficient (Wildman–Crippen LogP) is 1.29. The molecule has 72 valence electrons. The van der Waals surface area contributed by atoms with E-state index in [1.54, 1.807) is 0 Å². The van der Waals surface area contributed by atoms with Crippen LogP contribution in [0.4, 0.5) is 0 Å². The summed E-state index contributed by atoms with van der Waals surface area (Å²) in [6, 6.07) is 2.08. The van der Waals surface area contributed by atoms with Gasteiger partial charge >= 0.3 is 0 Å². The Kier molecular flexibility index (Phi) is 7.48. The normalized spacial score (nSPS) is 8.58. The zero-order valence-electron chi connectivity index (χ0n) is 7.50. The lowest BCUT2D eigenvalue weighted by molar-refractivity contribution is 0.668. The molecular formula is C7H15Cl2N3. The van der Waals surface area contributed by atoms with Gasteiger partial charge in [0.25, 0.3) is 0 Å². The summed E-state index contributed by atoms with van der Waals surface area (Å²) in [5.74, 6) is 0. The van der Waals surface area contributed by atoms with E-state index < -0.39 is 0 Å². The van der Waals surface area contributed by atoms with E-state index in [1.807, 2.05) is 25.7 Å². The van der Waals surface area contributed by atoms with Crippen molar-refractivity contribution in [3.05, 3.63) is 17.5 Å². The summed E-state index contributed by atoms with van der Waals surface area (Å²) < 4.78 is 1.89. The highest BCUT2D eigenvalue weighted by atomic mass is 35.5. The second-order valence-electron chi connectivity index (χ2n) is 2.43. The maximum Gasteiger partial charge on any atom is 0.0597 e. The average Bonchev–Trinajstić information content (AvgIpc) is 2.13. The van der Waals surface area contributed by atoms with Gasteiger partial charge in [0, 0.05) is 13.6 Å². The Morgan fingerprint density at radius 3 is 2.42 bits per heavy atom. The Morgan fingerprint density at radius 2 is 2.08 bits per heavy atom. The molecule has 0 aromatic carbocycles.